The monoisotopic (exact) mass is 170 g/mol. The molecule has 0 atom stereocenters. The molecule has 0 unspecified atom stereocenters. The zero-order valence-corrected chi connectivity index (χ0v) is 7.59. The summed E-state index contributed by atoms with van der Waals surface area (Å²) >= 11 is 0. The van der Waals surface area contributed by atoms with Crippen LogP contribution in [0.3, 0.4) is 0 Å². The molecule has 2 N–H and O–H groups in total. The molecule has 0 radical (unpaired) electrons. The Labute approximate surface area is 72.7 Å². The molecule has 0 aromatic heterocycles. The fraction of sp³-hybridized carbons (Fsp3) is 0.444. The fourth-order valence-electron chi connectivity index (χ4n) is 0.228. The molecule has 0 fully saturated rings. The standard InChI is InChI=1S/C7H10O.C2H4O2/c1-4-5-6-7(2,3)8;1-2(3)4/h4,8H,1H2,2-3H3;1H3,(H,3,4). The first-order valence-corrected chi connectivity index (χ1v) is 3.35. The van der Waals surface area contributed by atoms with Crippen molar-refractivity contribution in [2.24, 2.45) is 0 Å². The van der Waals surface area contributed by atoms with E-state index in [9.17, 15) is 0 Å². The third-order valence-corrected chi connectivity index (χ3v) is 0.480. The van der Waals surface area contributed by atoms with E-state index in [4.69, 9.17) is 15.0 Å². The van der Waals surface area contributed by atoms with Crippen LogP contribution < -0.4 is 0 Å². The lowest BCUT2D eigenvalue weighted by atomic mass is 10.1. The molecular weight excluding hydrogens is 156 g/mol. The maximum Gasteiger partial charge on any atom is 0.300 e. The van der Waals surface area contributed by atoms with E-state index >= 15 is 0 Å². The Kier molecular flexibility index (Phi) is 7.15. The largest absolute Gasteiger partial charge is 0.481 e. The van der Waals surface area contributed by atoms with Gasteiger partial charge in [-0.3, -0.25) is 4.79 Å². The van der Waals surface area contributed by atoms with Gasteiger partial charge in [0.1, 0.15) is 5.60 Å². The molecule has 0 aromatic carbocycles. The van der Waals surface area contributed by atoms with Gasteiger partial charge in [0.05, 0.1) is 0 Å². The Bertz CT molecular complexity index is 196. The summed E-state index contributed by atoms with van der Waals surface area (Å²) in [7, 11) is 0. The lowest BCUT2D eigenvalue weighted by Gasteiger charge is -2.04. The summed E-state index contributed by atoms with van der Waals surface area (Å²) in [6.07, 6.45) is 1.46. The van der Waals surface area contributed by atoms with Crippen LogP contribution in [0.4, 0.5) is 0 Å². The van der Waals surface area contributed by atoms with Gasteiger partial charge in [0.25, 0.3) is 5.97 Å². The van der Waals surface area contributed by atoms with Gasteiger partial charge in [-0.25, -0.2) is 0 Å². The first-order chi connectivity index (χ1) is 5.29. The van der Waals surface area contributed by atoms with Crippen molar-refractivity contribution < 1.29 is 15.0 Å². The van der Waals surface area contributed by atoms with Gasteiger partial charge in [0, 0.05) is 6.92 Å². The van der Waals surface area contributed by atoms with Gasteiger partial charge in [-0.2, -0.15) is 0 Å². The fourth-order valence-corrected chi connectivity index (χ4v) is 0.228. The van der Waals surface area contributed by atoms with Gasteiger partial charge in [-0.1, -0.05) is 18.4 Å². The van der Waals surface area contributed by atoms with Crippen molar-refractivity contribution in [3.05, 3.63) is 12.7 Å². The topological polar surface area (TPSA) is 57.5 Å². The average molecular weight is 170 g/mol. The third-order valence-electron chi connectivity index (χ3n) is 0.480. The Hall–Kier alpha value is -1.27. The quantitative estimate of drug-likeness (QED) is 0.534. The Balaban J connectivity index is 0. The van der Waals surface area contributed by atoms with Crippen molar-refractivity contribution in [3.8, 4) is 11.8 Å². The summed E-state index contributed by atoms with van der Waals surface area (Å²) in [5.74, 6) is 4.28. The highest BCUT2D eigenvalue weighted by Gasteiger charge is 2.04. The summed E-state index contributed by atoms with van der Waals surface area (Å²) < 4.78 is 0. The first kappa shape index (κ1) is 13.3. The number of aliphatic hydroxyl groups is 1. The highest BCUT2D eigenvalue weighted by Crippen LogP contribution is 1.95. The minimum absolute atomic E-state index is 0.833. The van der Waals surface area contributed by atoms with Crippen LogP contribution in [-0.2, 0) is 4.79 Å². The van der Waals surface area contributed by atoms with E-state index in [0.29, 0.717) is 0 Å². The number of aliphatic carboxylic acids is 1. The predicted molar refractivity (Wildman–Crippen MR) is 47.6 cm³/mol. The second-order valence-electron chi connectivity index (χ2n) is 2.55. The van der Waals surface area contributed by atoms with Crippen molar-refractivity contribution in [1.82, 2.24) is 0 Å². The van der Waals surface area contributed by atoms with Crippen LogP contribution in [0.15, 0.2) is 12.7 Å². The molecule has 0 heterocycles. The molecule has 0 rings (SSSR count). The molecule has 0 amide bonds. The number of carboxylic acids is 1. The molecule has 3 nitrogen and oxygen atoms in total. The van der Waals surface area contributed by atoms with Crippen molar-refractivity contribution in [2.45, 2.75) is 26.4 Å². The van der Waals surface area contributed by atoms with Gasteiger partial charge >= 0.3 is 0 Å². The lowest BCUT2D eigenvalue weighted by molar-refractivity contribution is -0.134. The minimum atomic E-state index is -0.881. The second kappa shape index (κ2) is 6.44. The summed E-state index contributed by atoms with van der Waals surface area (Å²) in [5.41, 5.74) is -0.881. The van der Waals surface area contributed by atoms with E-state index in [1.807, 2.05) is 0 Å². The van der Waals surface area contributed by atoms with Crippen LogP contribution in [0, 0.1) is 11.8 Å². The van der Waals surface area contributed by atoms with E-state index in [-0.39, 0.29) is 0 Å². The Morgan fingerprint density at radius 2 is 1.92 bits per heavy atom. The van der Waals surface area contributed by atoms with Crippen LogP contribution in [0.1, 0.15) is 20.8 Å². The molecule has 68 valence electrons. The summed E-state index contributed by atoms with van der Waals surface area (Å²) in [6.45, 7) is 7.72. The Morgan fingerprint density at radius 3 is 2.00 bits per heavy atom. The summed E-state index contributed by atoms with van der Waals surface area (Å²) in [6, 6.07) is 0. The zero-order valence-electron chi connectivity index (χ0n) is 7.59. The van der Waals surface area contributed by atoms with E-state index in [1.54, 1.807) is 13.8 Å². The van der Waals surface area contributed by atoms with Gasteiger partial charge in [-0.05, 0) is 19.9 Å². The van der Waals surface area contributed by atoms with E-state index in [2.05, 4.69) is 18.4 Å². The predicted octanol–water partition coefficient (Wildman–Crippen LogP) is 1.04. The van der Waals surface area contributed by atoms with Gasteiger partial charge in [-0.15, -0.1) is 0 Å². The highest BCUT2D eigenvalue weighted by atomic mass is 16.4. The maximum atomic E-state index is 9.00. The minimum Gasteiger partial charge on any atom is -0.481 e. The smallest absolute Gasteiger partial charge is 0.300 e. The van der Waals surface area contributed by atoms with E-state index < -0.39 is 11.6 Å². The zero-order chi connectivity index (χ0) is 10.2. The van der Waals surface area contributed by atoms with Gasteiger partial charge in [0.15, 0.2) is 0 Å². The van der Waals surface area contributed by atoms with Crippen LogP contribution in [0.5, 0.6) is 0 Å². The number of hydrogen-bond acceptors (Lipinski definition) is 2. The number of carboxylic acid groups (broad SMARTS) is 1. The van der Waals surface area contributed by atoms with E-state index in [0.717, 1.165) is 6.92 Å². The van der Waals surface area contributed by atoms with Crippen molar-refractivity contribution in [3.63, 3.8) is 0 Å². The van der Waals surface area contributed by atoms with Crippen molar-refractivity contribution in [1.29, 1.82) is 0 Å². The molecular formula is C9H14O3. The maximum absolute atomic E-state index is 9.00. The van der Waals surface area contributed by atoms with Crippen molar-refractivity contribution in [2.75, 3.05) is 0 Å². The van der Waals surface area contributed by atoms with Gasteiger partial charge in [0.2, 0.25) is 0 Å². The molecule has 0 aromatic rings. The molecule has 3 heteroatoms. The number of carbonyl (C=O) groups is 1. The highest BCUT2D eigenvalue weighted by molar-refractivity contribution is 5.62. The third kappa shape index (κ3) is 37.5. The molecule has 0 spiro atoms. The molecule has 0 saturated carbocycles. The van der Waals surface area contributed by atoms with E-state index in [1.165, 1.54) is 6.08 Å². The molecule has 12 heavy (non-hydrogen) atoms. The van der Waals surface area contributed by atoms with Crippen LogP contribution >= 0.6 is 0 Å². The molecule has 0 aliphatic heterocycles. The second-order valence-corrected chi connectivity index (χ2v) is 2.55. The molecule has 0 aliphatic rings. The summed E-state index contributed by atoms with van der Waals surface area (Å²) in [4.78, 5) is 9.00. The normalized spacial score (nSPS) is 8.33. The molecule has 0 aliphatic carbocycles. The summed E-state index contributed by atoms with van der Waals surface area (Å²) in [5, 5.41) is 16.3. The van der Waals surface area contributed by atoms with Gasteiger partial charge < -0.3 is 10.2 Å². The lowest BCUT2D eigenvalue weighted by Crippen LogP contribution is -2.14. The molecule has 0 bridgehead atoms. The SMILES string of the molecule is C=CC#CC(C)(C)O.CC(=O)O. The molecule has 0 saturated heterocycles. The number of hydrogen-bond donors (Lipinski definition) is 2. The van der Waals surface area contributed by atoms with Crippen molar-refractivity contribution >= 4 is 5.97 Å². The number of rotatable bonds is 0. The average Bonchev–Trinajstić information content (AvgIpc) is 1.80. The van der Waals surface area contributed by atoms with Crippen LogP contribution in [0.25, 0.3) is 0 Å². The van der Waals surface area contributed by atoms with Crippen LogP contribution in [0.2, 0.25) is 0 Å². The number of allylic oxidation sites excluding steroid dienone is 1. The van der Waals surface area contributed by atoms with Crippen LogP contribution in [-0.4, -0.2) is 21.8 Å². The first-order valence-electron chi connectivity index (χ1n) is 3.35. The Morgan fingerprint density at radius 1 is 1.58 bits per heavy atom.